The van der Waals surface area contributed by atoms with Crippen molar-refractivity contribution in [2.24, 2.45) is 5.92 Å². The second-order valence-corrected chi connectivity index (χ2v) is 9.11. The third kappa shape index (κ3) is 5.02. The highest BCUT2D eigenvalue weighted by molar-refractivity contribution is 5.88. The minimum atomic E-state index is -2.72. The minimum Gasteiger partial charge on any atom is -0.368 e. The molecule has 0 aliphatic carbocycles. The number of amides is 1. The molecule has 3 aromatic rings. The molecule has 0 radical (unpaired) electrons. The van der Waals surface area contributed by atoms with Crippen LogP contribution in [-0.4, -0.2) is 77.5 Å². The lowest BCUT2D eigenvalue weighted by Gasteiger charge is -2.35. The lowest BCUT2D eigenvalue weighted by Crippen LogP contribution is -2.48. The van der Waals surface area contributed by atoms with Crippen molar-refractivity contribution in [3.05, 3.63) is 42.7 Å². The van der Waals surface area contributed by atoms with Crippen LogP contribution >= 0.6 is 0 Å². The Morgan fingerprint density at radius 1 is 1.14 bits per heavy atom. The molecule has 5 rings (SSSR count). The van der Waals surface area contributed by atoms with Gasteiger partial charge in [-0.15, -0.1) is 0 Å². The second kappa shape index (κ2) is 9.69. The van der Waals surface area contributed by atoms with Gasteiger partial charge in [0.05, 0.1) is 17.1 Å². The summed E-state index contributed by atoms with van der Waals surface area (Å²) in [5, 5.41) is 6.18. The fraction of sp³-hybridized carbons (Fsp3) is 0.440. The first-order valence-electron chi connectivity index (χ1n) is 12.0. The van der Waals surface area contributed by atoms with Crippen LogP contribution in [0.4, 0.5) is 20.3 Å². The molecule has 0 bridgehead atoms. The monoisotopic (exact) mass is 481 g/mol. The molecule has 2 saturated heterocycles. The highest BCUT2D eigenvalue weighted by atomic mass is 19.3. The predicted octanol–water partition coefficient (Wildman–Crippen LogP) is 3.02. The van der Waals surface area contributed by atoms with E-state index in [4.69, 9.17) is 4.98 Å². The van der Waals surface area contributed by atoms with Gasteiger partial charge in [-0.05, 0) is 18.2 Å². The van der Waals surface area contributed by atoms with Gasteiger partial charge in [0.2, 0.25) is 5.91 Å². The Morgan fingerprint density at radius 2 is 1.89 bits per heavy atom. The van der Waals surface area contributed by atoms with E-state index in [-0.39, 0.29) is 25.4 Å². The Kier molecular flexibility index (Phi) is 6.46. The number of hydrogen-bond acceptors (Lipinski definition) is 7. The molecule has 184 valence electrons. The van der Waals surface area contributed by atoms with Crippen LogP contribution in [0.3, 0.4) is 0 Å². The van der Waals surface area contributed by atoms with Gasteiger partial charge < -0.3 is 20.4 Å². The fourth-order valence-corrected chi connectivity index (χ4v) is 4.69. The number of fused-ring (bicyclic) bond motifs is 1. The van der Waals surface area contributed by atoms with Crippen molar-refractivity contribution in [3.8, 4) is 11.3 Å². The van der Waals surface area contributed by atoms with Crippen LogP contribution < -0.4 is 15.5 Å². The quantitative estimate of drug-likeness (QED) is 0.579. The number of carbonyl (C=O) groups is 1. The summed E-state index contributed by atoms with van der Waals surface area (Å²) in [7, 11) is 0. The molecule has 35 heavy (non-hydrogen) atoms. The minimum absolute atomic E-state index is 0.0906. The largest absolute Gasteiger partial charge is 0.368 e. The van der Waals surface area contributed by atoms with Crippen LogP contribution in [0.2, 0.25) is 0 Å². The molecule has 2 aliphatic heterocycles. The number of nitrogens with zero attached hydrogens (tertiary/aromatic N) is 5. The molecular weight excluding hydrogens is 452 g/mol. The maximum absolute atomic E-state index is 14.3. The number of piperidine rings is 1. The number of benzene rings is 1. The third-order valence-electron chi connectivity index (χ3n) is 6.85. The number of rotatable bonds is 5. The molecule has 1 atom stereocenters. The molecular formula is C25H29F2N7O. The lowest BCUT2D eigenvalue weighted by molar-refractivity contribution is -0.129. The predicted molar refractivity (Wildman–Crippen MR) is 132 cm³/mol. The first-order chi connectivity index (χ1) is 16.9. The summed E-state index contributed by atoms with van der Waals surface area (Å²) in [5.41, 5.74) is 3.89. The number of nitrogens with one attached hydrogen (secondary N) is 2. The number of hydrogen-bond donors (Lipinski definition) is 2. The van der Waals surface area contributed by atoms with Crippen molar-refractivity contribution in [2.45, 2.75) is 19.3 Å². The highest BCUT2D eigenvalue weighted by Gasteiger charge is 2.41. The normalized spacial score (nSPS) is 20.1. The summed E-state index contributed by atoms with van der Waals surface area (Å²) < 4.78 is 28.7. The molecule has 1 amide bonds. The van der Waals surface area contributed by atoms with Gasteiger partial charge in [-0.25, -0.2) is 18.7 Å². The van der Waals surface area contributed by atoms with Gasteiger partial charge in [-0.3, -0.25) is 9.78 Å². The third-order valence-corrected chi connectivity index (χ3v) is 6.85. The summed E-state index contributed by atoms with van der Waals surface area (Å²) >= 11 is 0. The van der Waals surface area contributed by atoms with Gasteiger partial charge in [-0.2, -0.15) is 0 Å². The maximum atomic E-state index is 14.3. The van der Waals surface area contributed by atoms with Gasteiger partial charge in [0.25, 0.3) is 5.92 Å². The Balaban J connectivity index is 1.36. The molecule has 2 aromatic heterocycles. The van der Waals surface area contributed by atoms with E-state index >= 15 is 0 Å². The van der Waals surface area contributed by atoms with Crippen LogP contribution in [0.25, 0.3) is 22.3 Å². The van der Waals surface area contributed by atoms with Crippen LogP contribution in [0.1, 0.15) is 13.3 Å². The van der Waals surface area contributed by atoms with Gasteiger partial charge in [-0.1, -0.05) is 12.1 Å². The van der Waals surface area contributed by atoms with E-state index in [0.717, 1.165) is 24.3 Å². The van der Waals surface area contributed by atoms with Crippen LogP contribution in [0.15, 0.2) is 42.7 Å². The highest BCUT2D eigenvalue weighted by Crippen LogP contribution is 2.32. The molecule has 10 heteroatoms. The number of carbonyl (C=O) groups excluding carboxylic acids is 1. The second-order valence-electron chi connectivity index (χ2n) is 9.11. The molecule has 2 N–H and O–H groups in total. The molecule has 1 aromatic carbocycles. The van der Waals surface area contributed by atoms with Gasteiger partial charge in [0.1, 0.15) is 5.52 Å². The lowest BCUT2D eigenvalue weighted by atomic mass is 9.95. The maximum Gasteiger partial charge on any atom is 0.255 e. The van der Waals surface area contributed by atoms with Crippen molar-refractivity contribution < 1.29 is 13.6 Å². The number of halogens is 2. The topological polar surface area (TPSA) is 86.3 Å². The Labute approximate surface area is 202 Å². The summed E-state index contributed by atoms with van der Waals surface area (Å²) in [6.45, 7) is 5.28. The zero-order valence-electron chi connectivity index (χ0n) is 19.7. The number of anilines is 2. The van der Waals surface area contributed by atoms with Crippen molar-refractivity contribution in [1.29, 1.82) is 0 Å². The molecule has 0 unspecified atom stereocenters. The first-order valence-corrected chi connectivity index (χ1v) is 12.0. The molecule has 4 heterocycles. The molecule has 2 aliphatic rings. The smallest absolute Gasteiger partial charge is 0.255 e. The number of aromatic nitrogens is 3. The average Bonchev–Trinajstić information content (AvgIpc) is 2.87. The van der Waals surface area contributed by atoms with Gasteiger partial charge in [0, 0.05) is 82.8 Å². The van der Waals surface area contributed by atoms with E-state index in [1.165, 1.54) is 0 Å². The first kappa shape index (κ1) is 23.3. The van der Waals surface area contributed by atoms with E-state index in [1.54, 1.807) is 19.3 Å². The fourth-order valence-electron chi connectivity index (χ4n) is 4.69. The van der Waals surface area contributed by atoms with Crippen molar-refractivity contribution >= 4 is 28.4 Å². The van der Waals surface area contributed by atoms with Crippen LogP contribution in [0, 0.1) is 5.92 Å². The van der Waals surface area contributed by atoms with E-state index < -0.39 is 11.8 Å². The van der Waals surface area contributed by atoms with E-state index in [9.17, 15) is 13.6 Å². The van der Waals surface area contributed by atoms with Gasteiger partial charge in [0.15, 0.2) is 5.82 Å². The summed E-state index contributed by atoms with van der Waals surface area (Å²) in [4.78, 5) is 29.2. The summed E-state index contributed by atoms with van der Waals surface area (Å²) in [6, 6.07) is 9.96. The number of piperazine rings is 1. The number of alkyl halides is 2. The van der Waals surface area contributed by atoms with Gasteiger partial charge >= 0.3 is 0 Å². The summed E-state index contributed by atoms with van der Waals surface area (Å²) in [6.07, 6.45) is 3.02. The van der Waals surface area contributed by atoms with Crippen molar-refractivity contribution in [2.75, 3.05) is 56.0 Å². The Hall–Kier alpha value is -3.40. The average molecular weight is 482 g/mol. The van der Waals surface area contributed by atoms with E-state index in [2.05, 4.69) is 25.5 Å². The Bertz CT molecular complexity index is 1200. The standard InChI is InChI=1S/C25H29F2N7O/c1-17(35)33-10-12-34(13-11-33)20-4-2-18(3-5-20)21-14-22-23(30-9-8-29-22)24(32-21)31-16-19-15-28-7-6-25(19,26)27/h2-5,8-9,14,19,28H,6-7,10-13,15-16H2,1H3,(H,31,32)/t19-/m1/s1. The SMILES string of the molecule is CC(=O)N1CCN(c2ccc(-c3cc4nccnc4c(NC[C@H]4CNCCC4(F)F)n3)cc2)CC1. The molecule has 8 nitrogen and oxygen atoms in total. The van der Waals surface area contributed by atoms with Crippen molar-refractivity contribution in [3.63, 3.8) is 0 Å². The molecule has 0 saturated carbocycles. The zero-order valence-corrected chi connectivity index (χ0v) is 19.7. The number of pyridine rings is 1. The van der Waals surface area contributed by atoms with E-state index in [1.807, 2.05) is 35.2 Å². The zero-order chi connectivity index (χ0) is 24.4. The molecule has 2 fully saturated rings. The van der Waals surface area contributed by atoms with E-state index in [0.29, 0.717) is 42.2 Å². The van der Waals surface area contributed by atoms with Crippen LogP contribution in [-0.2, 0) is 4.79 Å². The summed E-state index contributed by atoms with van der Waals surface area (Å²) in [5.74, 6) is -2.98. The van der Waals surface area contributed by atoms with Crippen molar-refractivity contribution in [1.82, 2.24) is 25.2 Å². The Morgan fingerprint density at radius 3 is 2.60 bits per heavy atom. The molecule has 0 spiro atoms. The van der Waals surface area contributed by atoms with Crippen LogP contribution in [0.5, 0.6) is 0 Å².